The summed E-state index contributed by atoms with van der Waals surface area (Å²) in [5.74, 6) is -0.243. The van der Waals surface area contributed by atoms with Gasteiger partial charge in [-0.1, -0.05) is 17.7 Å². The highest BCUT2D eigenvalue weighted by Gasteiger charge is 2.02. The fourth-order valence-electron chi connectivity index (χ4n) is 1.37. The lowest BCUT2D eigenvalue weighted by atomic mass is 10.2. The highest BCUT2D eigenvalue weighted by Crippen LogP contribution is 2.22. The first-order valence-electron chi connectivity index (χ1n) is 5.38. The molecule has 0 fully saturated rings. The molecule has 0 radical (unpaired) electrons. The molecule has 1 aromatic carbocycles. The van der Waals surface area contributed by atoms with Crippen molar-refractivity contribution in [1.82, 2.24) is 0 Å². The van der Waals surface area contributed by atoms with E-state index in [4.69, 9.17) is 11.6 Å². The predicted octanol–water partition coefficient (Wildman–Crippen LogP) is 4.69. The summed E-state index contributed by atoms with van der Waals surface area (Å²) in [5, 5.41) is 4.20. The molecular formula is C13H12ClFN2S. The Hall–Kier alpha value is -1.39. The van der Waals surface area contributed by atoms with Crippen LogP contribution in [-0.4, -0.2) is 5.71 Å². The number of rotatable bonds is 3. The van der Waals surface area contributed by atoms with Crippen LogP contribution >= 0.6 is 22.9 Å². The molecule has 1 N–H and O–H groups in total. The third-order valence-corrected chi connectivity index (χ3v) is 3.79. The number of anilines is 1. The zero-order valence-corrected chi connectivity index (χ0v) is 11.6. The fraction of sp³-hybridized carbons (Fsp3) is 0.154. The monoisotopic (exact) mass is 282 g/mol. The van der Waals surface area contributed by atoms with Crippen LogP contribution in [0, 0.1) is 12.7 Å². The number of nitrogens with one attached hydrogen (secondary N) is 1. The minimum atomic E-state index is -0.243. The lowest BCUT2D eigenvalue weighted by Gasteiger charge is -2.03. The first kappa shape index (κ1) is 13.1. The van der Waals surface area contributed by atoms with Crippen molar-refractivity contribution in [1.29, 1.82) is 0 Å². The number of thiophene rings is 1. The van der Waals surface area contributed by atoms with Gasteiger partial charge in [0.2, 0.25) is 0 Å². The Morgan fingerprint density at radius 3 is 2.72 bits per heavy atom. The van der Waals surface area contributed by atoms with Crippen molar-refractivity contribution in [2.24, 2.45) is 5.10 Å². The number of hydrogen-bond acceptors (Lipinski definition) is 3. The Kier molecular flexibility index (Phi) is 3.99. The van der Waals surface area contributed by atoms with Gasteiger partial charge in [0, 0.05) is 0 Å². The summed E-state index contributed by atoms with van der Waals surface area (Å²) in [7, 11) is 0. The van der Waals surface area contributed by atoms with Gasteiger partial charge in [-0.15, -0.1) is 11.3 Å². The fourth-order valence-corrected chi connectivity index (χ4v) is 2.36. The molecule has 2 rings (SSSR count). The van der Waals surface area contributed by atoms with Crippen LogP contribution in [0.15, 0.2) is 35.4 Å². The molecule has 94 valence electrons. The van der Waals surface area contributed by atoms with Crippen molar-refractivity contribution in [2.75, 3.05) is 5.43 Å². The third kappa shape index (κ3) is 3.09. The molecule has 2 nitrogen and oxygen atoms in total. The summed E-state index contributed by atoms with van der Waals surface area (Å²) >= 11 is 7.31. The minimum absolute atomic E-state index is 0.243. The van der Waals surface area contributed by atoms with Gasteiger partial charge in [0.25, 0.3) is 0 Å². The Bertz CT molecular complexity index is 592. The van der Waals surface area contributed by atoms with Crippen LogP contribution in [0.2, 0.25) is 4.34 Å². The van der Waals surface area contributed by atoms with Crippen LogP contribution in [0.1, 0.15) is 17.4 Å². The van der Waals surface area contributed by atoms with Crippen molar-refractivity contribution in [2.45, 2.75) is 13.8 Å². The van der Waals surface area contributed by atoms with Gasteiger partial charge in [-0.3, -0.25) is 5.43 Å². The average molecular weight is 283 g/mol. The van der Waals surface area contributed by atoms with E-state index in [0.717, 1.165) is 14.9 Å². The maximum Gasteiger partial charge on any atom is 0.128 e. The van der Waals surface area contributed by atoms with Gasteiger partial charge in [0.15, 0.2) is 0 Å². The van der Waals surface area contributed by atoms with E-state index in [1.54, 1.807) is 19.1 Å². The van der Waals surface area contributed by atoms with Crippen LogP contribution in [-0.2, 0) is 0 Å². The van der Waals surface area contributed by atoms with Crippen LogP contribution in [0.25, 0.3) is 0 Å². The summed E-state index contributed by atoms with van der Waals surface area (Å²) in [6.45, 7) is 3.60. The topological polar surface area (TPSA) is 24.4 Å². The van der Waals surface area contributed by atoms with Crippen molar-refractivity contribution in [3.8, 4) is 0 Å². The molecule has 0 spiro atoms. The van der Waals surface area contributed by atoms with E-state index in [2.05, 4.69) is 10.5 Å². The van der Waals surface area contributed by atoms with Gasteiger partial charge >= 0.3 is 0 Å². The molecule has 1 heterocycles. The van der Waals surface area contributed by atoms with Crippen LogP contribution in [0.5, 0.6) is 0 Å². The molecule has 0 saturated carbocycles. The quantitative estimate of drug-likeness (QED) is 0.641. The Balaban J connectivity index is 2.12. The molecule has 18 heavy (non-hydrogen) atoms. The van der Waals surface area contributed by atoms with E-state index in [0.29, 0.717) is 11.3 Å². The molecule has 0 bridgehead atoms. The molecule has 5 heteroatoms. The van der Waals surface area contributed by atoms with E-state index in [1.807, 2.05) is 19.1 Å². The van der Waals surface area contributed by atoms with Gasteiger partial charge in [-0.2, -0.15) is 5.10 Å². The summed E-state index contributed by atoms with van der Waals surface area (Å²) in [6, 6.07) is 8.66. The summed E-state index contributed by atoms with van der Waals surface area (Å²) in [5.41, 5.74) is 4.89. The highest BCUT2D eigenvalue weighted by atomic mass is 35.5. The Morgan fingerprint density at radius 1 is 1.33 bits per heavy atom. The van der Waals surface area contributed by atoms with Gasteiger partial charge in [-0.05, 0) is 43.7 Å². The highest BCUT2D eigenvalue weighted by molar-refractivity contribution is 7.18. The first-order chi connectivity index (χ1) is 8.56. The predicted molar refractivity (Wildman–Crippen MR) is 76.3 cm³/mol. The number of benzene rings is 1. The second-order valence-corrected chi connectivity index (χ2v) is 5.59. The molecule has 0 saturated heterocycles. The second-order valence-electron chi connectivity index (χ2n) is 3.88. The summed E-state index contributed by atoms with van der Waals surface area (Å²) in [6.07, 6.45) is 0. The molecule has 2 aromatic rings. The number of hydrazone groups is 1. The van der Waals surface area contributed by atoms with Gasteiger partial charge in [0.05, 0.1) is 20.6 Å². The minimum Gasteiger partial charge on any atom is -0.278 e. The van der Waals surface area contributed by atoms with E-state index < -0.39 is 0 Å². The Morgan fingerprint density at radius 2 is 2.11 bits per heavy atom. The molecule has 0 unspecified atom stereocenters. The average Bonchev–Trinajstić information content (AvgIpc) is 2.77. The van der Waals surface area contributed by atoms with Crippen molar-refractivity contribution in [3.05, 3.63) is 50.9 Å². The number of hydrogen-bond donors (Lipinski definition) is 1. The number of aryl methyl sites for hydroxylation is 1. The van der Waals surface area contributed by atoms with Crippen LogP contribution in [0.3, 0.4) is 0 Å². The summed E-state index contributed by atoms with van der Waals surface area (Å²) in [4.78, 5) is 0.986. The molecule has 0 aliphatic rings. The molecule has 0 aliphatic heterocycles. The van der Waals surface area contributed by atoms with Gasteiger partial charge < -0.3 is 0 Å². The molecule has 0 atom stereocenters. The number of nitrogens with zero attached hydrogens (tertiary/aromatic N) is 1. The molecule has 0 amide bonds. The smallest absolute Gasteiger partial charge is 0.128 e. The van der Waals surface area contributed by atoms with Gasteiger partial charge in [0.1, 0.15) is 5.82 Å². The Labute approximate surface area is 114 Å². The zero-order chi connectivity index (χ0) is 13.1. The first-order valence-corrected chi connectivity index (χ1v) is 6.58. The SMILES string of the molecule is C/C(=N\Nc1ccc(C)c(F)c1)c1ccc(Cl)s1. The van der Waals surface area contributed by atoms with E-state index in [9.17, 15) is 4.39 Å². The van der Waals surface area contributed by atoms with E-state index >= 15 is 0 Å². The zero-order valence-electron chi connectivity index (χ0n) is 10.00. The molecule has 0 aliphatic carbocycles. The largest absolute Gasteiger partial charge is 0.278 e. The van der Waals surface area contributed by atoms with Gasteiger partial charge in [-0.25, -0.2) is 4.39 Å². The van der Waals surface area contributed by atoms with Crippen LogP contribution in [0.4, 0.5) is 10.1 Å². The lowest BCUT2D eigenvalue weighted by Crippen LogP contribution is -1.98. The van der Waals surface area contributed by atoms with Crippen molar-refractivity contribution < 1.29 is 4.39 Å². The molecule has 1 aromatic heterocycles. The standard InChI is InChI=1S/C13H12ClFN2S/c1-8-3-4-10(7-11(8)15)17-16-9(2)12-5-6-13(14)18-12/h3-7,17H,1-2H3/b16-9+. The molecular weight excluding hydrogens is 271 g/mol. The van der Waals surface area contributed by atoms with Crippen molar-refractivity contribution >= 4 is 34.3 Å². The maximum atomic E-state index is 13.3. The van der Waals surface area contributed by atoms with E-state index in [1.165, 1.54) is 17.4 Å². The van der Waals surface area contributed by atoms with Crippen LogP contribution < -0.4 is 5.43 Å². The number of halogens is 2. The van der Waals surface area contributed by atoms with Crippen molar-refractivity contribution in [3.63, 3.8) is 0 Å². The lowest BCUT2D eigenvalue weighted by molar-refractivity contribution is 0.619. The normalized spacial score (nSPS) is 11.7. The second kappa shape index (κ2) is 5.50. The summed E-state index contributed by atoms with van der Waals surface area (Å²) < 4.78 is 14.0. The third-order valence-electron chi connectivity index (χ3n) is 2.45. The maximum absolute atomic E-state index is 13.3. The van der Waals surface area contributed by atoms with E-state index in [-0.39, 0.29) is 5.82 Å².